The molecule has 0 amide bonds. The topological polar surface area (TPSA) is 72.8 Å². The molecule has 1 unspecified atom stereocenters. The number of carbonyl (C=O) groups is 2. The number of esters is 2. The Morgan fingerprint density at radius 3 is 0.638 bits per heavy atom. The van der Waals surface area contributed by atoms with Crippen LogP contribution in [0.15, 0.2) is 122 Å². The number of hydrogen-bond acceptors (Lipinski definition) is 5. The van der Waals surface area contributed by atoms with Crippen LogP contribution in [-0.2, 0) is 19.1 Å². The molecule has 0 aliphatic carbocycles. The predicted molar refractivity (Wildman–Crippen MR) is 417 cm³/mol. The van der Waals surface area contributed by atoms with E-state index >= 15 is 0 Å². The van der Waals surface area contributed by atoms with Gasteiger partial charge >= 0.3 is 11.9 Å². The summed E-state index contributed by atoms with van der Waals surface area (Å²) < 4.78 is 10.8. The summed E-state index contributed by atoms with van der Waals surface area (Å²) in [5, 5.41) is 9.74. The van der Waals surface area contributed by atoms with Gasteiger partial charge in [0.1, 0.15) is 6.61 Å². The number of allylic oxidation sites excluding steroid dienone is 20. The van der Waals surface area contributed by atoms with Crippen LogP contribution >= 0.6 is 0 Å². The summed E-state index contributed by atoms with van der Waals surface area (Å²) >= 11 is 0. The standard InChI is InChI=1S/C89H156O5/c1-3-5-7-9-11-13-15-17-19-21-23-25-27-29-31-33-35-37-39-41-43-44-46-47-49-51-53-55-57-59-61-63-65-67-69-71-73-75-77-79-81-83-88(91)93-86-87(85-90)94-89(92)84-82-80-78-76-74-72-70-68-66-64-62-60-58-56-54-52-50-48-45-42-40-38-36-34-32-30-28-26-24-22-20-18-16-14-12-10-8-6-4-2/h5-8,11-14,17-20,23-26,30,32,36,38,87,90H,3-4,9-10,15-16,21-22,27-29,31,33-35,37,39-86H2,1-2H3/b7-5-,8-6-,13-11-,14-12-,19-17-,20-18-,25-23-,26-24-,32-30-,38-36-. The smallest absolute Gasteiger partial charge is 0.306 e. The van der Waals surface area contributed by atoms with Crippen molar-refractivity contribution in [3.63, 3.8) is 0 Å². The Morgan fingerprint density at radius 1 is 0.245 bits per heavy atom. The number of hydrogen-bond donors (Lipinski definition) is 1. The third-order valence-electron chi connectivity index (χ3n) is 18.3. The van der Waals surface area contributed by atoms with Gasteiger partial charge in [-0.3, -0.25) is 9.59 Å². The maximum absolute atomic E-state index is 12.4. The predicted octanol–water partition coefficient (Wildman–Crippen LogP) is 29.2. The third-order valence-corrected chi connectivity index (χ3v) is 18.3. The largest absolute Gasteiger partial charge is 0.462 e. The maximum Gasteiger partial charge on any atom is 0.306 e. The highest BCUT2D eigenvalue weighted by Crippen LogP contribution is 2.20. The van der Waals surface area contributed by atoms with Gasteiger partial charge in [-0.05, 0) is 103 Å². The summed E-state index contributed by atoms with van der Waals surface area (Å²) in [6, 6.07) is 0. The van der Waals surface area contributed by atoms with Crippen LogP contribution in [0.5, 0.6) is 0 Å². The third kappa shape index (κ3) is 80.7. The second-order valence-corrected chi connectivity index (χ2v) is 27.4. The van der Waals surface area contributed by atoms with Crippen LogP contribution in [0, 0.1) is 0 Å². The second kappa shape index (κ2) is 83.5. The molecule has 0 spiro atoms. The zero-order valence-electron chi connectivity index (χ0n) is 62.5. The molecule has 0 aromatic rings. The monoisotopic (exact) mass is 1310 g/mol. The van der Waals surface area contributed by atoms with Gasteiger partial charge in [0.05, 0.1) is 6.61 Å². The van der Waals surface area contributed by atoms with E-state index in [4.69, 9.17) is 9.47 Å². The summed E-state index contributed by atoms with van der Waals surface area (Å²) in [6.45, 7) is 3.96. The first-order valence-electron chi connectivity index (χ1n) is 41.1. The fourth-order valence-electron chi connectivity index (χ4n) is 12.2. The first kappa shape index (κ1) is 90.3. The zero-order chi connectivity index (χ0) is 67.5. The molecule has 5 heteroatoms. The highest BCUT2D eigenvalue weighted by Gasteiger charge is 2.16. The minimum atomic E-state index is -0.775. The molecule has 0 aliphatic rings. The van der Waals surface area contributed by atoms with Crippen LogP contribution in [0.4, 0.5) is 0 Å². The highest BCUT2D eigenvalue weighted by atomic mass is 16.6. The Bertz CT molecular complexity index is 1820. The van der Waals surface area contributed by atoms with E-state index in [0.717, 1.165) is 103 Å². The lowest BCUT2D eigenvalue weighted by Gasteiger charge is -2.15. The van der Waals surface area contributed by atoms with Crippen molar-refractivity contribution in [2.45, 2.75) is 418 Å². The number of carbonyl (C=O) groups excluding carboxylic acids is 2. The molecule has 1 atom stereocenters. The van der Waals surface area contributed by atoms with E-state index in [0.29, 0.717) is 12.8 Å². The molecule has 94 heavy (non-hydrogen) atoms. The van der Waals surface area contributed by atoms with Gasteiger partial charge < -0.3 is 14.6 Å². The minimum absolute atomic E-state index is 0.0629. The van der Waals surface area contributed by atoms with Gasteiger partial charge in [-0.15, -0.1) is 0 Å². The van der Waals surface area contributed by atoms with E-state index in [9.17, 15) is 14.7 Å². The van der Waals surface area contributed by atoms with Gasteiger partial charge in [-0.1, -0.05) is 418 Å². The van der Waals surface area contributed by atoms with Crippen molar-refractivity contribution in [3.05, 3.63) is 122 Å². The summed E-state index contributed by atoms with van der Waals surface area (Å²) in [5.74, 6) is -0.570. The Hall–Kier alpha value is -3.70. The molecule has 0 saturated carbocycles. The minimum Gasteiger partial charge on any atom is -0.462 e. The van der Waals surface area contributed by atoms with Crippen molar-refractivity contribution in [3.8, 4) is 0 Å². The first-order valence-corrected chi connectivity index (χ1v) is 41.1. The summed E-state index contributed by atoms with van der Waals surface area (Å²) in [4.78, 5) is 24.7. The molecule has 542 valence electrons. The molecule has 5 nitrogen and oxygen atoms in total. The van der Waals surface area contributed by atoms with Crippen molar-refractivity contribution >= 4 is 11.9 Å². The molecular weight excluding hydrogens is 1150 g/mol. The molecule has 0 fully saturated rings. The van der Waals surface area contributed by atoms with Gasteiger partial charge in [0, 0.05) is 12.8 Å². The van der Waals surface area contributed by atoms with Crippen molar-refractivity contribution in [2.75, 3.05) is 13.2 Å². The molecule has 0 heterocycles. The molecule has 0 rings (SSSR count). The number of ether oxygens (including phenoxy) is 2. The van der Waals surface area contributed by atoms with E-state index < -0.39 is 6.10 Å². The number of rotatable bonds is 76. The number of aliphatic hydroxyl groups is 1. The molecule has 0 aliphatic heterocycles. The Morgan fingerprint density at radius 2 is 0.426 bits per heavy atom. The molecule has 0 radical (unpaired) electrons. The van der Waals surface area contributed by atoms with E-state index in [1.165, 1.54) is 283 Å². The van der Waals surface area contributed by atoms with E-state index in [-0.39, 0.29) is 25.2 Å². The van der Waals surface area contributed by atoms with Crippen LogP contribution < -0.4 is 0 Å². The molecule has 0 aromatic carbocycles. The van der Waals surface area contributed by atoms with Gasteiger partial charge in [0.2, 0.25) is 0 Å². The quantitative estimate of drug-likeness (QED) is 0.0373. The van der Waals surface area contributed by atoms with Gasteiger partial charge in [-0.25, -0.2) is 0 Å². The fraction of sp³-hybridized carbons (Fsp3) is 0.753. The summed E-state index contributed by atoms with van der Waals surface area (Å²) in [6.07, 6.45) is 123. The van der Waals surface area contributed by atoms with E-state index in [2.05, 4.69) is 135 Å². The van der Waals surface area contributed by atoms with Gasteiger partial charge in [0.15, 0.2) is 6.10 Å². The molecule has 1 N–H and O–H groups in total. The van der Waals surface area contributed by atoms with E-state index in [1.54, 1.807) is 0 Å². The lowest BCUT2D eigenvalue weighted by molar-refractivity contribution is -0.161. The number of aliphatic hydroxyl groups excluding tert-OH is 1. The zero-order valence-corrected chi connectivity index (χ0v) is 62.5. The molecule has 0 saturated heterocycles. The Kier molecular flexibility index (Phi) is 80.2. The summed E-state index contributed by atoms with van der Waals surface area (Å²) in [7, 11) is 0. The van der Waals surface area contributed by atoms with Crippen molar-refractivity contribution in [2.24, 2.45) is 0 Å². The maximum atomic E-state index is 12.4. The van der Waals surface area contributed by atoms with Crippen molar-refractivity contribution in [1.29, 1.82) is 0 Å². The van der Waals surface area contributed by atoms with Crippen LogP contribution in [0.2, 0.25) is 0 Å². The fourth-order valence-corrected chi connectivity index (χ4v) is 12.2. The van der Waals surface area contributed by atoms with Gasteiger partial charge in [0.25, 0.3) is 0 Å². The normalized spacial score (nSPS) is 12.8. The van der Waals surface area contributed by atoms with Gasteiger partial charge in [-0.2, -0.15) is 0 Å². The van der Waals surface area contributed by atoms with Crippen molar-refractivity contribution < 1.29 is 24.2 Å². The highest BCUT2D eigenvalue weighted by molar-refractivity contribution is 5.70. The van der Waals surface area contributed by atoms with Crippen molar-refractivity contribution in [1.82, 2.24) is 0 Å². The Labute approximate surface area is 585 Å². The van der Waals surface area contributed by atoms with Crippen LogP contribution in [0.25, 0.3) is 0 Å². The SMILES string of the molecule is CC/C=C\C/C=C\C/C=C\C/C=C\C/C=C\C/C=C\CCCCCCCCCCCCCCCCCCCCCCC(=O)OC(CO)COC(=O)CCCCCCCCCCCCCCCCCCCCCCCCCCCCCC/C=C\C/C=C\C/C=C\C/C=C\CC. The lowest BCUT2D eigenvalue weighted by atomic mass is 10.0. The molecule has 0 aromatic heterocycles. The van der Waals surface area contributed by atoms with Crippen LogP contribution in [0.3, 0.4) is 0 Å². The number of unbranched alkanes of at least 4 members (excludes halogenated alkanes) is 48. The second-order valence-electron chi connectivity index (χ2n) is 27.4. The average molecular weight is 1310 g/mol. The Balaban J connectivity index is 3.39. The first-order chi connectivity index (χ1) is 46.6. The average Bonchev–Trinajstić information content (AvgIpc) is 3.65. The van der Waals surface area contributed by atoms with Crippen LogP contribution in [0.1, 0.15) is 412 Å². The molecular formula is C89H156O5. The van der Waals surface area contributed by atoms with E-state index in [1.807, 2.05) is 0 Å². The lowest BCUT2D eigenvalue weighted by Crippen LogP contribution is -2.28. The van der Waals surface area contributed by atoms with Crippen LogP contribution in [-0.4, -0.2) is 36.4 Å². The molecule has 0 bridgehead atoms. The summed E-state index contributed by atoms with van der Waals surface area (Å²) in [5.41, 5.74) is 0.